The van der Waals surface area contributed by atoms with Crippen molar-refractivity contribution in [1.29, 1.82) is 0 Å². The van der Waals surface area contributed by atoms with Crippen LogP contribution >= 0.6 is 11.6 Å². The molecule has 0 bridgehead atoms. The Hall–Kier alpha value is -0.580. The Bertz CT molecular complexity index is 349. The maximum Gasteiger partial charge on any atom is 0.236 e. The molecule has 2 N–H and O–H groups in total. The van der Waals surface area contributed by atoms with Gasteiger partial charge in [-0.25, -0.2) is 13.6 Å². The van der Waals surface area contributed by atoms with Gasteiger partial charge in [-0.15, -0.1) is 0 Å². The second-order valence-corrected chi connectivity index (χ2v) is 4.29. The van der Waals surface area contributed by atoms with Crippen LogP contribution in [0.4, 0.5) is 0 Å². The molecule has 1 rings (SSSR count). The minimum Gasteiger partial charge on any atom is -0.227 e. The number of halogens is 1. The third-order valence-corrected chi connectivity index (χ3v) is 2.85. The number of rotatable bonds is 2. The van der Waals surface area contributed by atoms with Gasteiger partial charge in [-0.2, -0.15) is 0 Å². The van der Waals surface area contributed by atoms with E-state index in [-0.39, 0.29) is 4.71 Å². The number of hydrogen-bond donors (Lipinski definition) is 1. The van der Waals surface area contributed by atoms with Crippen LogP contribution in [0.2, 0.25) is 0 Å². The maximum atomic E-state index is 10.7. The first-order valence-electron chi connectivity index (χ1n) is 3.12. The number of sulfonamides is 1. The zero-order chi connectivity index (χ0) is 9.19. The molecule has 0 aliphatic carbocycles. The topological polar surface area (TPSA) is 60.2 Å². The van der Waals surface area contributed by atoms with E-state index in [2.05, 4.69) is 0 Å². The highest BCUT2D eigenvalue weighted by Crippen LogP contribution is 2.22. The van der Waals surface area contributed by atoms with Crippen molar-refractivity contribution in [1.82, 2.24) is 0 Å². The summed E-state index contributed by atoms with van der Waals surface area (Å²) in [5, 5.41) is 4.81. The van der Waals surface area contributed by atoms with Crippen LogP contribution in [0.15, 0.2) is 30.3 Å². The van der Waals surface area contributed by atoms with Crippen LogP contribution in [-0.4, -0.2) is 8.42 Å². The Kier molecular flexibility index (Phi) is 2.72. The van der Waals surface area contributed by atoms with E-state index in [1.165, 1.54) is 0 Å². The fraction of sp³-hybridized carbons (Fsp3) is 0. The predicted octanol–water partition coefficient (Wildman–Crippen LogP) is 1.05. The summed E-state index contributed by atoms with van der Waals surface area (Å²) in [5.74, 6) is 0. The molecule has 0 saturated heterocycles. The molecule has 0 aliphatic heterocycles. The normalized spacial score (nSPS) is 11.9. The van der Waals surface area contributed by atoms with Gasteiger partial charge in [0.1, 0.15) is 0 Å². The lowest BCUT2D eigenvalue weighted by Gasteiger charge is -2.04. The van der Waals surface area contributed by atoms with Crippen LogP contribution in [0.1, 0.15) is 5.56 Å². The monoisotopic (exact) mass is 204 g/mol. The molecule has 12 heavy (non-hydrogen) atoms. The summed E-state index contributed by atoms with van der Waals surface area (Å²) in [6.45, 7) is 0. The zero-order valence-electron chi connectivity index (χ0n) is 6.07. The number of nitrogens with two attached hydrogens (primary N) is 1. The molecule has 1 aromatic rings. The smallest absolute Gasteiger partial charge is 0.227 e. The molecule has 0 amide bonds. The van der Waals surface area contributed by atoms with Crippen molar-refractivity contribution in [3.05, 3.63) is 40.6 Å². The van der Waals surface area contributed by atoms with E-state index in [1.807, 2.05) is 0 Å². The second-order valence-electron chi connectivity index (χ2n) is 2.18. The van der Waals surface area contributed by atoms with E-state index in [4.69, 9.17) is 16.7 Å². The fourth-order valence-electron chi connectivity index (χ4n) is 0.733. The minimum atomic E-state index is -3.77. The Balaban J connectivity index is 3.02. The molecule has 0 aliphatic rings. The lowest BCUT2D eigenvalue weighted by atomic mass is 10.2. The van der Waals surface area contributed by atoms with Crippen molar-refractivity contribution in [2.24, 2.45) is 5.14 Å². The van der Waals surface area contributed by atoms with Gasteiger partial charge in [-0.3, -0.25) is 0 Å². The summed E-state index contributed by atoms with van der Waals surface area (Å²) in [6, 6.07) is 8.28. The summed E-state index contributed by atoms with van der Waals surface area (Å²) >= 11 is 5.49. The summed E-state index contributed by atoms with van der Waals surface area (Å²) in [4.78, 5) is 0. The largest absolute Gasteiger partial charge is 0.236 e. The van der Waals surface area contributed by atoms with E-state index in [9.17, 15) is 8.42 Å². The van der Waals surface area contributed by atoms with Gasteiger partial charge in [0, 0.05) is 0 Å². The second kappa shape index (κ2) is 3.43. The molecule has 0 heterocycles. The molecule has 0 aromatic heterocycles. The van der Waals surface area contributed by atoms with Gasteiger partial charge in [0.25, 0.3) is 0 Å². The highest BCUT2D eigenvalue weighted by atomic mass is 35.5. The van der Waals surface area contributed by atoms with Crippen molar-refractivity contribution in [3.8, 4) is 0 Å². The molecular formula is C7H7ClNO2S. The number of hydrogen-bond acceptors (Lipinski definition) is 2. The molecule has 1 aromatic carbocycles. The third-order valence-electron chi connectivity index (χ3n) is 1.25. The zero-order valence-corrected chi connectivity index (χ0v) is 7.64. The Morgan fingerprint density at radius 1 is 1.25 bits per heavy atom. The van der Waals surface area contributed by atoms with E-state index >= 15 is 0 Å². The van der Waals surface area contributed by atoms with Crippen LogP contribution in [-0.2, 0) is 10.0 Å². The average molecular weight is 205 g/mol. The SMILES string of the molecule is NS(=O)(=O)[C](Cl)c1ccccc1. The Morgan fingerprint density at radius 3 is 2.17 bits per heavy atom. The number of benzene rings is 1. The van der Waals surface area contributed by atoms with Crippen LogP contribution in [0.3, 0.4) is 0 Å². The maximum absolute atomic E-state index is 10.7. The summed E-state index contributed by atoms with van der Waals surface area (Å²) in [7, 11) is -3.77. The predicted molar refractivity (Wildman–Crippen MR) is 47.7 cm³/mol. The molecule has 1 radical (unpaired) electrons. The van der Waals surface area contributed by atoms with E-state index in [0.29, 0.717) is 5.56 Å². The molecular weight excluding hydrogens is 198 g/mol. The Morgan fingerprint density at radius 2 is 1.75 bits per heavy atom. The molecule has 0 spiro atoms. The molecule has 3 nitrogen and oxygen atoms in total. The van der Waals surface area contributed by atoms with E-state index < -0.39 is 10.0 Å². The molecule has 0 unspecified atom stereocenters. The van der Waals surface area contributed by atoms with E-state index in [1.54, 1.807) is 30.3 Å². The lowest BCUT2D eigenvalue weighted by molar-refractivity contribution is 0.602. The van der Waals surface area contributed by atoms with Gasteiger partial charge < -0.3 is 0 Å². The van der Waals surface area contributed by atoms with Gasteiger partial charge in [-0.1, -0.05) is 41.9 Å². The van der Waals surface area contributed by atoms with E-state index in [0.717, 1.165) is 0 Å². The van der Waals surface area contributed by atoms with Crippen molar-refractivity contribution in [2.75, 3.05) is 0 Å². The van der Waals surface area contributed by atoms with Gasteiger partial charge in [0.05, 0.1) is 0 Å². The van der Waals surface area contributed by atoms with Crippen LogP contribution in [0.25, 0.3) is 0 Å². The molecule has 0 fully saturated rings. The summed E-state index contributed by atoms with van der Waals surface area (Å²) < 4.78 is 21.2. The highest BCUT2D eigenvalue weighted by Gasteiger charge is 2.21. The average Bonchev–Trinajstić information content (AvgIpc) is 2.03. The highest BCUT2D eigenvalue weighted by molar-refractivity contribution is 7.93. The van der Waals surface area contributed by atoms with Crippen molar-refractivity contribution in [2.45, 2.75) is 0 Å². The van der Waals surface area contributed by atoms with Crippen molar-refractivity contribution < 1.29 is 8.42 Å². The van der Waals surface area contributed by atoms with Crippen LogP contribution in [0, 0.1) is 4.71 Å². The van der Waals surface area contributed by atoms with Crippen LogP contribution < -0.4 is 5.14 Å². The first-order valence-corrected chi connectivity index (χ1v) is 5.05. The fourth-order valence-corrected chi connectivity index (χ4v) is 1.32. The lowest BCUT2D eigenvalue weighted by Crippen LogP contribution is -2.18. The van der Waals surface area contributed by atoms with Gasteiger partial charge in [-0.05, 0) is 5.56 Å². The summed E-state index contributed by atoms with van der Waals surface area (Å²) in [6.07, 6.45) is 0. The molecule has 0 atom stereocenters. The van der Waals surface area contributed by atoms with Gasteiger partial charge >= 0.3 is 0 Å². The Labute approximate surface area is 76.2 Å². The van der Waals surface area contributed by atoms with Gasteiger partial charge in [0.15, 0.2) is 0 Å². The quantitative estimate of drug-likeness (QED) is 0.783. The van der Waals surface area contributed by atoms with Crippen molar-refractivity contribution >= 4 is 21.6 Å². The number of primary sulfonamides is 1. The first kappa shape index (κ1) is 9.51. The summed E-state index contributed by atoms with van der Waals surface area (Å²) in [5.41, 5.74) is 0.404. The minimum absolute atomic E-state index is 0.330. The van der Waals surface area contributed by atoms with Gasteiger partial charge in [0.2, 0.25) is 14.7 Å². The molecule has 5 heteroatoms. The molecule has 0 saturated carbocycles. The standard InChI is InChI=1S/C7H7ClNO2S/c8-7(12(9,10)11)6-4-2-1-3-5-6/h1-5H,(H2,9,10,11). The van der Waals surface area contributed by atoms with Crippen LogP contribution in [0.5, 0.6) is 0 Å². The first-order chi connectivity index (χ1) is 5.52. The molecule has 65 valence electrons. The van der Waals surface area contributed by atoms with Crippen molar-refractivity contribution in [3.63, 3.8) is 0 Å². The third kappa shape index (κ3) is 2.20.